The van der Waals surface area contributed by atoms with Crippen molar-refractivity contribution in [2.45, 2.75) is 23.1 Å². The summed E-state index contributed by atoms with van der Waals surface area (Å²) in [6.45, 7) is -0.396. The Labute approximate surface area is 137 Å². The molecule has 8 heteroatoms. The van der Waals surface area contributed by atoms with E-state index >= 15 is 0 Å². The Kier molecular flexibility index (Phi) is 4.38. The number of hydrogen-bond acceptors (Lipinski definition) is 5. The van der Waals surface area contributed by atoms with Crippen molar-refractivity contribution in [3.05, 3.63) is 46.8 Å². The molecule has 3 rings (SSSR count). The number of fused-ring (bicyclic) bond motifs is 1. The molecule has 0 fully saturated rings. The monoisotopic (exact) mass is 353 g/mol. The molecule has 23 heavy (non-hydrogen) atoms. The molecule has 0 spiro atoms. The van der Waals surface area contributed by atoms with Crippen molar-refractivity contribution in [3.63, 3.8) is 0 Å². The predicted octanol–water partition coefficient (Wildman–Crippen LogP) is 1.66. The highest BCUT2D eigenvalue weighted by atomic mass is 32.2. The number of carbonyl (C=O) groups is 1. The molecule has 0 amide bonds. The summed E-state index contributed by atoms with van der Waals surface area (Å²) in [6.07, 6.45) is 1.17. The fourth-order valence-electron chi connectivity index (χ4n) is 2.61. The van der Waals surface area contributed by atoms with Crippen molar-refractivity contribution in [3.8, 4) is 5.75 Å². The highest BCUT2D eigenvalue weighted by Crippen LogP contribution is 2.28. The minimum Gasteiger partial charge on any atom is -0.482 e. The molecule has 0 bridgehead atoms. The average Bonchev–Trinajstić information content (AvgIpc) is 3.13. The maximum atomic E-state index is 12.3. The lowest BCUT2D eigenvalue weighted by Crippen LogP contribution is -2.34. The van der Waals surface area contributed by atoms with E-state index in [2.05, 4.69) is 4.72 Å². The van der Waals surface area contributed by atoms with Crippen LogP contribution < -0.4 is 9.46 Å². The number of ether oxygens (including phenoxy) is 1. The van der Waals surface area contributed by atoms with Crippen LogP contribution in [0.4, 0.5) is 0 Å². The fraction of sp³-hybridized carbons (Fsp3) is 0.267. The van der Waals surface area contributed by atoms with Crippen LogP contribution in [-0.4, -0.2) is 32.1 Å². The molecule has 122 valence electrons. The van der Waals surface area contributed by atoms with Gasteiger partial charge in [0.15, 0.2) is 6.61 Å². The van der Waals surface area contributed by atoms with Crippen molar-refractivity contribution in [2.75, 3.05) is 6.61 Å². The first-order valence-electron chi connectivity index (χ1n) is 6.96. The molecule has 1 unspecified atom stereocenters. The highest BCUT2D eigenvalue weighted by molar-refractivity contribution is 7.91. The summed E-state index contributed by atoms with van der Waals surface area (Å²) in [5.74, 6) is -0.556. The summed E-state index contributed by atoms with van der Waals surface area (Å²) in [7, 11) is -3.49. The van der Waals surface area contributed by atoms with Gasteiger partial charge in [0.05, 0.1) is 0 Å². The van der Waals surface area contributed by atoms with Gasteiger partial charge in [-0.25, -0.2) is 17.9 Å². The van der Waals surface area contributed by atoms with Crippen LogP contribution >= 0.6 is 11.3 Å². The second-order valence-electron chi connectivity index (χ2n) is 5.27. The molecule has 1 atom stereocenters. The summed E-state index contributed by atoms with van der Waals surface area (Å²) < 4.78 is 32.7. The Balaban J connectivity index is 1.68. The van der Waals surface area contributed by atoms with Gasteiger partial charge < -0.3 is 9.84 Å². The second-order valence-corrected chi connectivity index (χ2v) is 8.16. The summed E-state index contributed by atoms with van der Waals surface area (Å²) >= 11 is 1.18. The molecule has 1 aliphatic carbocycles. The molecule has 2 N–H and O–H groups in total. The van der Waals surface area contributed by atoms with Crippen LogP contribution in [0.1, 0.15) is 11.1 Å². The van der Waals surface area contributed by atoms with Crippen LogP contribution in [0.3, 0.4) is 0 Å². The molecule has 1 aliphatic rings. The Bertz CT molecular complexity index is 814. The van der Waals surface area contributed by atoms with E-state index in [-0.39, 0.29) is 6.04 Å². The van der Waals surface area contributed by atoms with Gasteiger partial charge in [0.2, 0.25) is 10.0 Å². The van der Waals surface area contributed by atoms with E-state index in [0.717, 1.165) is 11.1 Å². The smallest absolute Gasteiger partial charge is 0.341 e. The number of aliphatic carboxylic acids is 1. The Morgan fingerprint density at radius 1 is 1.30 bits per heavy atom. The highest BCUT2D eigenvalue weighted by Gasteiger charge is 2.27. The quantitative estimate of drug-likeness (QED) is 0.824. The normalized spacial score (nSPS) is 17.0. The Hall–Kier alpha value is -1.90. The number of rotatable bonds is 6. The molecular weight excluding hydrogens is 338 g/mol. The van der Waals surface area contributed by atoms with Gasteiger partial charge >= 0.3 is 5.97 Å². The van der Waals surface area contributed by atoms with Gasteiger partial charge in [0, 0.05) is 6.04 Å². The van der Waals surface area contributed by atoms with Gasteiger partial charge in [0.1, 0.15) is 9.96 Å². The number of hydrogen-bond donors (Lipinski definition) is 2. The van der Waals surface area contributed by atoms with Crippen LogP contribution in [0.15, 0.2) is 39.9 Å². The molecule has 2 aromatic rings. The zero-order valence-corrected chi connectivity index (χ0v) is 13.7. The van der Waals surface area contributed by atoms with E-state index in [9.17, 15) is 13.2 Å². The van der Waals surface area contributed by atoms with Crippen LogP contribution in [0.25, 0.3) is 0 Å². The van der Waals surface area contributed by atoms with Gasteiger partial charge in [-0.15, -0.1) is 11.3 Å². The SMILES string of the molecule is O=C(O)COc1ccc2c(c1)CC(NS(=O)(=O)c1cccs1)C2. The van der Waals surface area contributed by atoms with Crippen molar-refractivity contribution in [1.82, 2.24) is 4.72 Å². The molecule has 6 nitrogen and oxygen atoms in total. The predicted molar refractivity (Wildman–Crippen MR) is 85.4 cm³/mol. The lowest BCUT2D eigenvalue weighted by molar-refractivity contribution is -0.139. The maximum absolute atomic E-state index is 12.3. The maximum Gasteiger partial charge on any atom is 0.341 e. The molecule has 1 aromatic carbocycles. The van der Waals surface area contributed by atoms with E-state index in [0.29, 0.717) is 22.8 Å². The summed E-state index contributed by atoms with van der Waals surface area (Å²) in [5.41, 5.74) is 2.03. The van der Waals surface area contributed by atoms with E-state index in [1.807, 2.05) is 6.07 Å². The van der Waals surface area contributed by atoms with E-state index in [1.54, 1.807) is 29.6 Å². The van der Waals surface area contributed by atoms with E-state index in [4.69, 9.17) is 9.84 Å². The average molecular weight is 353 g/mol. The first kappa shape index (κ1) is 16.0. The van der Waals surface area contributed by atoms with Crippen LogP contribution in [0, 0.1) is 0 Å². The minimum absolute atomic E-state index is 0.202. The summed E-state index contributed by atoms with van der Waals surface area (Å²) in [5, 5.41) is 10.4. The first-order chi connectivity index (χ1) is 10.9. The third kappa shape index (κ3) is 3.72. The summed E-state index contributed by atoms with van der Waals surface area (Å²) in [6, 6.07) is 8.41. The fourth-order valence-corrected chi connectivity index (χ4v) is 4.85. The van der Waals surface area contributed by atoms with Crippen molar-refractivity contribution in [2.24, 2.45) is 0 Å². The minimum atomic E-state index is -3.49. The van der Waals surface area contributed by atoms with Gasteiger partial charge in [-0.3, -0.25) is 0 Å². The summed E-state index contributed by atoms with van der Waals surface area (Å²) in [4.78, 5) is 10.5. The van der Waals surface area contributed by atoms with Crippen LogP contribution in [0.2, 0.25) is 0 Å². The standard InChI is InChI=1S/C15H15NO5S2/c17-14(18)9-21-13-4-3-10-6-12(7-11(10)8-13)16-23(19,20)15-2-1-5-22-15/h1-5,8,12,16H,6-7,9H2,(H,17,18). The van der Waals surface area contributed by atoms with Crippen LogP contribution in [-0.2, 0) is 27.7 Å². The topological polar surface area (TPSA) is 92.7 Å². The number of carboxylic acid groups (broad SMARTS) is 1. The van der Waals surface area contributed by atoms with Crippen molar-refractivity contribution < 1.29 is 23.1 Å². The molecule has 1 aromatic heterocycles. The number of benzene rings is 1. The van der Waals surface area contributed by atoms with Crippen LogP contribution in [0.5, 0.6) is 5.75 Å². The molecule has 0 radical (unpaired) electrons. The molecule has 0 saturated heterocycles. The largest absolute Gasteiger partial charge is 0.482 e. The first-order valence-corrected chi connectivity index (χ1v) is 9.32. The van der Waals surface area contributed by atoms with Gasteiger partial charge in [-0.05, 0) is 47.5 Å². The number of nitrogens with one attached hydrogen (secondary N) is 1. The lowest BCUT2D eigenvalue weighted by Gasteiger charge is -2.11. The Morgan fingerprint density at radius 2 is 2.09 bits per heavy atom. The van der Waals surface area contributed by atoms with Gasteiger partial charge in [-0.2, -0.15) is 0 Å². The van der Waals surface area contributed by atoms with Gasteiger partial charge in [-0.1, -0.05) is 12.1 Å². The number of thiophene rings is 1. The van der Waals surface area contributed by atoms with Crippen molar-refractivity contribution in [1.29, 1.82) is 0 Å². The number of sulfonamides is 1. The van der Waals surface area contributed by atoms with E-state index < -0.39 is 22.6 Å². The Morgan fingerprint density at radius 3 is 2.78 bits per heavy atom. The number of carboxylic acids is 1. The molecular formula is C15H15NO5S2. The molecule has 0 aliphatic heterocycles. The zero-order valence-electron chi connectivity index (χ0n) is 12.1. The second kappa shape index (κ2) is 6.31. The van der Waals surface area contributed by atoms with Crippen molar-refractivity contribution >= 4 is 27.3 Å². The van der Waals surface area contributed by atoms with Gasteiger partial charge in [0.25, 0.3) is 0 Å². The van der Waals surface area contributed by atoms with E-state index in [1.165, 1.54) is 11.3 Å². The molecule has 1 heterocycles. The lowest BCUT2D eigenvalue weighted by atomic mass is 10.1. The molecule has 0 saturated carbocycles. The zero-order chi connectivity index (χ0) is 16.4. The third-order valence-electron chi connectivity index (χ3n) is 3.55. The third-order valence-corrected chi connectivity index (χ3v) is 6.47.